The van der Waals surface area contributed by atoms with Crippen LogP contribution >= 0.6 is 11.6 Å². The molecule has 0 spiro atoms. The van der Waals surface area contributed by atoms with Crippen LogP contribution in [0.15, 0.2) is 77.7 Å². The van der Waals surface area contributed by atoms with Crippen molar-refractivity contribution in [3.8, 4) is 5.75 Å². The average Bonchev–Trinajstić information content (AvgIpc) is 2.96. The zero-order valence-corrected chi connectivity index (χ0v) is 24.2. The third-order valence-corrected chi connectivity index (χ3v) is 8.43. The normalized spacial score (nSPS) is 11.9. The number of carbonyl (C=O) groups is 2. The molecule has 214 valence electrons. The minimum atomic E-state index is -4.29. The molecule has 3 aromatic rings. The van der Waals surface area contributed by atoms with Crippen molar-refractivity contribution >= 4 is 39.1 Å². The summed E-state index contributed by atoms with van der Waals surface area (Å²) in [5.74, 6) is -1.08. The minimum absolute atomic E-state index is 0.0175. The van der Waals surface area contributed by atoms with Crippen LogP contribution in [0.1, 0.15) is 32.3 Å². The summed E-state index contributed by atoms with van der Waals surface area (Å²) in [6, 6.07) is 16.6. The van der Waals surface area contributed by atoms with E-state index in [1.807, 2.05) is 6.92 Å². The first-order valence-electron chi connectivity index (χ1n) is 12.8. The van der Waals surface area contributed by atoms with E-state index < -0.39 is 34.3 Å². The molecule has 0 bridgehead atoms. The molecule has 1 N–H and O–H groups in total. The van der Waals surface area contributed by atoms with Crippen molar-refractivity contribution in [2.24, 2.45) is 0 Å². The van der Waals surface area contributed by atoms with Gasteiger partial charge in [0.1, 0.15) is 24.2 Å². The largest absolute Gasteiger partial charge is 0.497 e. The van der Waals surface area contributed by atoms with Crippen LogP contribution in [-0.2, 0) is 26.2 Å². The van der Waals surface area contributed by atoms with Crippen molar-refractivity contribution in [1.29, 1.82) is 0 Å². The number of methoxy groups -OCH3 is 1. The Balaban J connectivity index is 2.05. The van der Waals surface area contributed by atoms with Crippen LogP contribution in [0.3, 0.4) is 0 Å². The molecule has 0 aliphatic rings. The molecule has 2 amide bonds. The molecule has 0 aliphatic heterocycles. The highest BCUT2D eigenvalue weighted by molar-refractivity contribution is 7.92. The molecule has 1 atom stereocenters. The molecule has 11 heteroatoms. The Hall–Kier alpha value is -3.63. The van der Waals surface area contributed by atoms with Gasteiger partial charge in [-0.3, -0.25) is 13.9 Å². The number of benzene rings is 3. The number of anilines is 1. The van der Waals surface area contributed by atoms with Gasteiger partial charge in [0.2, 0.25) is 11.8 Å². The maximum absolute atomic E-state index is 14.0. The van der Waals surface area contributed by atoms with E-state index in [4.69, 9.17) is 16.3 Å². The fraction of sp³-hybridized carbons (Fsp3) is 0.310. The average molecular weight is 590 g/mol. The maximum Gasteiger partial charge on any atom is 0.264 e. The highest BCUT2D eigenvalue weighted by Gasteiger charge is 2.34. The lowest BCUT2D eigenvalue weighted by Gasteiger charge is -2.33. The fourth-order valence-corrected chi connectivity index (χ4v) is 5.72. The summed E-state index contributed by atoms with van der Waals surface area (Å²) < 4.78 is 47.4. The lowest BCUT2D eigenvalue weighted by atomic mass is 10.1. The minimum Gasteiger partial charge on any atom is -0.497 e. The van der Waals surface area contributed by atoms with E-state index in [1.54, 1.807) is 31.2 Å². The van der Waals surface area contributed by atoms with E-state index in [0.717, 1.165) is 16.4 Å². The molecule has 0 fully saturated rings. The topological polar surface area (TPSA) is 96.0 Å². The van der Waals surface area contributed by atoms with E-state index in [0.29, 0.717) is 29.3 Å². The summed E-state index contributed by atoms with van der Waals surface area (Å²) in [7, 11) is -2.83. The summed E-state index contributed by atoms with van der Waals surface area (Å²) in [6.45, 7) is 3.46. The van der Waals surface area contributed by atoms with Crippen molar-refractivity contribution in [2.45, 2.75) is 44.2 Å². The van der Waals surface area contributed by atoms with Crippen LogP contribution in [0.4, 0.5) is 10.1 Å². The van der Waals surface area contributed by atoms with Crippen molar-refractivity contribution in [2.75, 3.05) is 24.5 Å². The van der Waals surface area contributed by atoms with Gasteiger partial charge in [-0.1, -0.05) is 43.6 Å². The Labute approximate surface area is 239 Å². The Morgan fingerprint density at radius 2 is 1.65 bits per heavy atom. The first-order valence-corrected chi connectivity index (χ1v) is 14.7. The Kier molecular flexibility index (Phi) is 10.9. The number of rotatable bonds is 13. The van der Waals surface area contributed by atoms with Crippen LogP contribution < -0.4 is 14.4 Å². The van der Waals surface area contributed by atoms with Gasteiger partial charge >= 0.3 is 0 Å². The number of hydrogen-bond acceptors (Lipinski definition) is 5. The SMILES string of the molecule is CCCNC(=O)[C@@H](CC)N(Cc1ccccc1Cl)C(=O)CN(c1ccc(F)cc1)S(=O)(=O)c1ccc(OC)cc1. The number of sulfonamides is 1. The van der Waals surface area contributed by atoms with Crippen LogP contribution in [0.25, 0.3) is 0 Å². The second-order valence-corrected chi connectivity index (χ2v) is 11.3. The van der Waals surface area contributed by atoms with Gasteiger partial charge in [0.25, 0.3) is 10.0 Å². The Morgan fingerprint density at radius 1 is 1.00 bits per heavy atom. The predicted molar refractivity (Wildman–Crippen MR) is 153 cm³/mol. The molecular formula is C29H33ClFN3O5S. The van der Waals surface area contributed by atoms with Crippen LogP contribution in [0, 0.1) is 5.82 Å². The standard InChI is InChI=1S/C29H33ClFN3O5S/c1-4-18-32-29(36)27(5-2)33(19-21-8-6-7-9-26(21)30)28(35)20-34(23-12-10-22(31)11-13-23)40(37,38)25-16-14-24(39-3)15-17-25/h6-17,27H,4-5,18-20H2,1-3H3,(H,32,36)/t27-/m1/s1. The monoisotopic (exact) mass is 589 g/mol. The van der Waals surface area contributed by atoms with Gasteiger partial charge < -0.3 is 15.0 Å². The molecule has 40 heavy (non-hydrogen) atoms. The molecule has 0 unspecified atom stereocenters. The summed E-state index contributed by atoms with van der Waals surface area (Å²) >= 11 is 6.39. The summed E-state index contributed by atoms with van der Waals surface area (Å²) in [4.78, 5) is 28.3. The maximum atomic E-state index is 14.0. The lowest BCUT2D eigenvalue weighted by molar-refractivity contribution is -0.140. The molecule has 0 aromatic heterocycles. The summed E-state index contributed by atoms with van der Waals surface area (Å²) in [6.07, 6.45) is 0.993. The van der Waals surface area contributed by atoms with E-state index >= 15 is 0 Å². The number of carbonyl (C=O) groups excluding carboxylic acids is 2. The highest BCUT2D eigenvalue weighted by atomic mass is 35.5. The third-order valence-electron chi connectivity index (χ3n) is 6.27. The lowest BCUT2D eigenvalue weighted by Crippen LogP contribution is -2.52. The van der Waals surface area contributed by atoms with Crippen LogP contribution in [-0.4, -0.2) is 51.4 Å². The van der Waals surface area contributed by atoms with Crippen molar-refractivity contribution in [1.82, 2.24) is 10.2 Å². The van der Waals surface area contributed by atoms with Gasteiger partial charge in [0.05, 0.1) is 17.7 Å². The highest BCUT2D eigenvalue weighted by Crippen LogP contribution is 2.27. The number of amides is 2. The number of nitrogens with one attached hydrogen (secondary N) is 1. The van der Waals surface area contributed by atoms with Gasteiger partial charge in [0.15, 0.2) is 0 Å². The van der Waals surface area contributed by atoms with Gasteiger partial charge in [-0.15, -0.1) is 0 Å². The predicted octanol–water partition coefficient (Wildman–Crippen LogP) is 5.02. The first kappa shape index (κ1) is 30.9. The number of ether oxygens (including phenoxy) is 1. The second kappa shape index (κ2) is 14.1. The Morgan fingerprint density at radius 3 is 2.23 bits per heavy atom. The number of hydrogen-bond donors (Lipinski definition) is 1. The molecule has 0 aliphatic carbocycles. The van der Waals surface area contributed by atoms with E-state index in [-0.39, 0.29) is 29.5 Å². The smallest absolute Gasteiger partial charge is 0.264 e. The molecule has 0 radical (unpaired) electrons. The van der Waals surface area contributed by atoms with Crippen molar-refractivity contribution < 1.29 is 27.1 Å². The van der Waals surface area contributed by atoms with Crippen LogP contribution in [0.5, 0.6) is 5.75 Å². The van der Waals surface area contributed by atoms with Gasteiger partial charge in [-0.2, -0.15) is 0 Å². The van der Waals surface area contributed by atoms with Gasteiger partial charge in [0, 0.05) is 18.1 Å². The molecule has 8 nitrogen and oxygen atoms in total. The van der Waals surface area contributed by atoms with E-state index in [1.165, 1.54) is 48.4 Å². The zero-order valence-electron chi connectivity index (χ0n) is 22.6. The van der Waals surface area contributed by atoms with Gasteiger partial charge in [-0.25, -0.2) is 12.8 Å². The first-order chi connectivity index (χ1) is 19.1. The van der Waals surface area contributed by atoms with Gasteiger partial charge in [-0.05, 0) is 73.0 Å². The molecule has 3 aromatic carbocycles. The number of halogens is 2. The quantitative estimate of drug-likeness (QED) is 0.302. The summed E-state index contributed by atoms with van der Waals surface area (Å²) in [5, 5.41) is 3.23. The second-order valence-electron chi connectivity index (χ2n) is 8.99. The Bertz CT molecular complexity index is 1400. The third kappa shape index (κ3) is 7.51. The molecule has 3 rings (SSSR count). The molecular weight excluding hydrogens is 557 g/mol. The zero-order chi connectivity index (χ0) is 29.3. The fourth-order valence-electron chi connectivity index (χ4n) is 4.11. The molecule has 0 saturated heterocycles. The molecule has 0 saturated carbocycles. The van der Waals surface area contributed by atoms with Crippen molar-refractivity contribution in [3.05, 3.63) is 89.2 Å². The van der Waals surface area contributed by atoms with Crippen molar-refractivity contribution in [3.63, 3.8) is 0 Å². The molecule has 0 heterocycles. The van der Waals surface area contributed by atoms with E-state index in [9.17, 15) is 22.4 Å². The van der Waals surface area contributed by atoms with Crippen LogP contribution in [0.2, 0.25) is 5.02 Å². The van der Waals surface area contributed by atoms with E-state index in [2.05, 4.69) is 5.32 Å². The summed E-state index contributed by atoms with van der Waals surface area (Å²) in [5.41, 5.74) is 0.692. The number of nitrogens with zero attached hydrogens (tertiary/aromatic N) is 2.